The Morgan fingerprint density at radius 2 is 2.03 bits per heavy atom. The van der Waals surface area contributed by atoms with Crippen LogP contribution in [0, 0.1) is 5.82 Å². The number of nitrogens with one attached hydrogen (secondary N) is 1. The smallest absolute Gasteiger partial charge is 0.328 e. The summed E-state index contributed by atoms with van der Waals surface area (Å²) in [6, 6.07) is 9.02. The zero-order valence-electron chi connectivity index (χ0n) is 18.3. The van der Waals surface area contributed by atoms with Crippen LogP contribution in [-0.4, -0.2) is 67.9 Å². The van der Waals surface area contributed by atoms with Crippen molar-refractivity contribution in [2.45, 2.75) is 31.1 Å². The second kappa shape index (κ2) is 9.58. The molecule has 2 aliphatic rings. The molecule has 8 nitrogen and oxygen atoms in total. The zero-order chi connectivity index (χ0) is 23.6. The maximum atomic E-state index is 13.5. The Morgan fingerprint density at radius 3 is 2.73 bits per heavy atom. The molecule has 2 atom stereocenters. The van der Waals surface area contributed by atoms with E-state index in [-0.39, 0.29) is 31.2 Å². The molecule has 2 fully saturated rings. The van der Waals surface area contributed by atoms with Crippen molar-refractivity contribution >= 4 is 29.1 Å². The number of ether oxygens (including phenoxy) is 3. The summed E-state index contributed by atoms with van der Waals surface area (Å²) in [5.74, 6) is -2.78. The SMILES string of the molecule is COC(=O)[C@@H]1CC2(CN1C(=O)CNC(=O)c1ccc(C(C)c3cccc(F)c3)s1)OCCO2. The van der Waals surface area contributed by atoms with E-state index < -0.39 is 29.6 Å². The highest BCUT2D eigenvalue weighted by Crippen LogP contribution is 2.35. The number of hydrogen-bond donors (Lipinski definition) is 1. The Bertz CT molecular complexity index is 1050. The topological polar surface area (TPSA) is 94.2 Å². The summed E-state index contributed by atoms with van der Waals surface area (Å²) in [6.07, 6.45) is 0.186. The summed E-state index contributed by atoms with van der Waals surface area (Å²) in [7, 11) is 1.26. The number of rotatable bonds is 6. The lowest BCUT2D eigenvalue weighted by molar-refractivity contribution is -0.152. The predicted octanol–water partition coefficient (Wildman–Crippen LogP) is 2.29. The van der Waals surface area contributed by atoms with Gasteiger partial charge < -0.3 is 24.4 Å². The summed E-state index contributed by atoms with van der Waals surface area (Å²) in [6.45, 7) is 2.53. The van der Waals surface area contributed by atoms with Crippen LogP contribution in [0.5, 0.6) is 0 Å². The predicted molar refractivity (Wildman–Crippen MR) is 117 cm³/mol. The van der Waals surface area contributed by atoms with Crippen LogP contribution in [-0.2, 0) is 23.8 Å². The molecule has 33 heavy (non-hydrogen) atoms. The third-order valence-corrected chi connectivity index (χ3v) is 7.19. The first kappa shape index (κ1) is 23.3. The number of methoxy groups -OCH3 is 1. The molecule has 2 amide bonds. The van der Waals surface area contributed by atoms with Crippen LogP contribution in [0.4, 0.5) is 4.39 Å². The first-order chi connectivity index (χ1) is 15.8. The van der Waals surface area contributed by atoms with Crippen molar-refractivity contribution in [3.05, 3.63) is 57.5 Å². The van der Waals surface area contributed by atoms with Crippen LogP contribution in [0.25, 0.3) is 0 Å². The molecule has 1 aromatic heterocycles. The molecule has 2 aliphatic heterocycles. The lowest BCUT2D eigenvalue weighted by atomic mass is 10.00. The van der Waals surface area contributed by atoms with Crippen LogP contribution in [0.15, 0.2) is 36.4 Å². The summed E-state index contributed by atoms with van der Waals surface area (Å²) in [5.41, 5.74) is 0.812. The van der Waals surface area contributed by atoms with Gasteiger partial charge in [-0.15, -0.1) is 11.3 Å². The molecule has 2 aromatic rings. The molecule has 0 bridgehead atoms. The van der Waals surface area contributed by atoms with Gasteiger partial charge >= 0.3 is 5.97 Å². The molecular weight excluding hydrogens is 451 g/mol. The Morgan fingerprint density at radius 1 is 1.27 bits per heavy atom. The standard InChI is InChI=1S/C23H25FN2O6S/c1-14(15-4-3-5-16(24)10-15)18-6-7-19(33-18)21(28)25-12-20(27)26-13-23(31-8-9-32-23)11-17(26)22(29)30-2/h3-7,10,14,17H,8-9,11-13H2,1-2H3,(H,25,28)/t14?,17-/m0/s1. The summed E-state index contributed by atoms with van der Waals surface area (Å²) < 4.78 is 29.6. The third kappa shape index (κ3) is 4.92. The molecular formula is C23H25FN2O6S. The molecule has 0 saturated carbocycles. The number of halogens is 1. The molecule has 3 heterocycles. The highest BCUT2D eigenvalue weighted by atomic mass is 32.1. The lowest BCUT2D eigenvalue weighted by Crippen LogP contribution is -2.46. The summed E-state index contributed by atoms with van der Waals surface area (Å²) in [5, 5.41) is 2.62. The van der Waals surface area contributed by atoms with Gasteiger partial charge in [0.05, 0.1) is 38.3 Å². The summed E-state index contributed by atoms with van der Waals surface area (Å²) >= 11 is 1.28. The van der Waals surface area contributed by atoms with Gasteiger partial charge in [-0.1, -0.05) is 19.1 Å². The number of amides is 2. The van der Waals surface area contributed by atoms with Gasteiger partial charge in [0.1, 0.15) is 11.9 Å². The Balaban J connectivity index is 1.38. The number of esters is 1. The molecule has 10 heteroatoms. The van der Waals surface area contributed by atoms with Gasteiger partial charge in [-0.05, 0) is 29.8 Å². The highest BCUT2D eigenvalue weighted by Gasteiger charge is 2.52. The van der Waals surface area contributed by atoms with Crippen molar-refractivity contribution in [3.8, 4) is 0 Å². The van der Waals surface area contributed by atoms with Crippen molar-refractivity contribution in [2.24, 2.45) is 0 Å². The van der Waals surface area contributed by atoms with Gasteiger partial charge in [0.2, 0.25) is 5.91 Å². The van der Waals surface area contributed by atoms with Crippen LogP contribution in [0.1, 0.15) is 39.4 Å². The van der Waals surface area contributed by atoms with E-state index in [1.807, 2.05) is 19.1 Å². The van der Waals surface area contributed by atoms with Crippen LogP contribution in [0.3, 0.4) is 0 Å². The van der Waals surface area contributed by atoms with Crippen molar-refractivity contribution in [3.63, 3.8) is 0 Å². The molecule has 4 rings (SSSR count). The Kier molecular flexibility index (Phi) is 6.78. The van der Waals surface area contributed by atoms with E-state index in [0.717, 1.165) is 10.4 Å². The molecule has 0 radical (unpaired) electrons. The van der Waals surface area contributed by atoms with E-state index >= 15 is 0 Å². The van der Waals surface area contributed by atoms with Crippen molar-refractivity contribution in [1.82, 2.24) is 10.2 Å². The van der Waals surface area contributed by atoms with E-state index in [9.17, 15) is 18.8 Å². The van der Waals surface area contributed by atoms with Gasteiger partial charge in [-0.3, -0.25) is 9.59 Å². The van der Waals surface area contributed by atoms with Crippen molar-refractivity contribution in [2.75, 3.05) is 33.4 Å². The minimum Gasteiger partial charge on any atom is -0.467 e. The average Bonchev–Trinajstić information content (AvgIpc) is 3.57. The molecule has 1 unspecified atom stereocenters. The zero-order valence-corrected chi connectivity index (χ0v) is 19.2. The molecule has 2 saturated heterocycles. The van der Waals surface area contributed by atoms with Gasteiger partial charge in [0.25, 0.3) is 5.91 Å². The number of carbonyl (C=O) groups excluding carboxylic acids is 3. The maximum Gasteiger partial charge on any atom is 0.328 e. The fraction of sp³-hybridized carbons (Fsp3) is 0.435. The Hall–Kier alpha value is -2.82. The van der Waals surface area contributed by atoms with E-state index in [4.69, 9.17) is 14.2 Å². The normalized spacial score (nSPS) is 20.1. The second-order valence-corrected chi connectivity index (χ2v) is 9.15. The van der Waals surface area contributed by atoms with Crippen LogP contribution >= 0.6 is 11.3 Å². The fourth-order valence-electron chi connectivity index (χ4n) is 4.15. The molecule has 1 aromatic carbocycles. The number of likely N-dealkylation sites (tertiary alicyclic amines) is 1. The molecule has 1 N–H and O–H groups in total. The van der Waals surface area contributed by atoms with Gasteiger partial charge in [-0.2, -0.15) is 0 Å². The number of benzene rings is 1. The van der Waals surface area contributed by atoms with Crippen LogP contribution in [0.2, 0.25) is 0 Å². The van der Waals surface area contributed by atoms with Crippen molar-refractivity contribution in [1.29, 1.82) is 0 Å². The van der Waals surface area contributed by atoms with E-state index in [1.165, 1.54) is 35.5 Å². The van der Waals surface area contributed by atoms with Gasteiger partial charge in [0.15, 0.2) is 5.79 Å². The third-order valence-electron chi connectivity index (χ3n) is 5.93. The average molecular weight is 477 g/mol. The highest BCUT2D eigenvalue weighted by molar-refractivity contribution is 7.14. The first-order valence-electron chi connectivity index (χ1n) is 10.6. The minimum absolute atomic E-state index is 0.0816. The number of thiophene rings is 1. The molecule has 1 spiro atoms. The van der Waals surface area contributed by atoms with Gasteiger partial charge in [-0.25, -0.2) is 9.18 Å². The largest absolute Gasteiger partial charge is 0.467 e. The number of nitrogens with zero attached hydrogens (tertiary/aromatic N) is 1. The Labute approximate surface area is 194 Å². The fourth-order valence-corrected chi connectivity index (χ4v) is 5.15. The number of carbonyl (C=O) groups is 3. The number of hydrogen-bond acceptors (Lipinski definition) is 7. The van der Waals surface area contributed by atoms with E-state index in [2.05, 4.69) is 5.32 Å². The monoisotopic (exact) mass is 476 g/mol. The summed E-state index contributed by atoms with van der Waals surface area (Å²) in [4.78, 5) is 40.4. The van der Waals surface area contributed by atoms with E-state index in [0.29, 0.717) is 18.1 Å². The van der Waals surface area contributed by atoms with Crippen LogP contribution < -0.4 is 5.32 Å². The molecule has 0 aliphatic carbocycles. The maximum absolute atomic E-state index is 13.5. The van der Waals surface area contributed by atoms with Gasteiger partial charge in [0, 0.05) is 17.2 Å². The minimum atomic E-state index is -1.01. The first-order valence-corrected chi connectivity index (χ1v) is 11.4. The molecule has 176 valence electrons. The quantitative estimate of drug-likeness (QED) is 0.643. The van der Waals surface area contributed by atoms with Crippen molar-refractivity contribution < 1.29 is 33.0 Å². The second-order valence-electron chi connectivity index (χ2n) is 8.03. The van der Waals surface area contributed by atoms with E-state index in [1.54, 1.807) is 12.1 Å². The lowest BCUT2D eigenvalue weighted by Gasteiger charge is -2.23.